The van der Waals surface area contributed by atoms with Crippen molar-refractivity contribution in [2.45, 2.75) is 26.5 Å². The van der Waals surface area contributed by atoms with Crippen LogP contribution in [0.25, 0.3) is 0 Å². The molecule has 3 rings (SSSR count). The summed E-state index contributed by atoms with van der Waals surface area (Å²) in [7, 11) is 3.62. The zero-order valence-corrected chi connectivity index (χ0v) is 18.0. The molecule has 7 heteroatoms. The molecule has 0 spiro atoms. The Kier molecular flexibility index (Phi) is 7.11. The number of piperazine rings is 1. The maximum Gasteiger partial charge on any atom is 0.259 e. The van der Waals surface area contributed by atoms with Gasteiger partial charge in [0.15, 0.2) is 5.43 Å². The number of benzene rings is 1. The molecule has 6 nitrogen and oxygen atoms in total. The summed E-state index contributed by atoms with van der Waals surface area (Å²) in [6, 6.07) is 9.29. The van der Waals surface area contributed by atoms with Crippen LogP contribution >= 0.6 is 11.6 Å². The van der Waals surface area contributed by atoms with Crippen molar-refractivity contribution >= 4 is 17.5 Å². The van der Waals surface area contributed by atoms with E-state index in [2.05, 4.69) is 4.90 Å². The molecule has 0 saturated carbocycles. The second-order valence-corrected chi connectivity index (χ2v) is 7.97. The van der Waals surface area contributed by atoms with Crippen LogP contribution in [0.2, 0.25) is 5.02 Å². The highest BCUT2D eigenvalue weighted by molar-refractivity contribution is 6.30. The smallest absolute Gasteiger partial charge is 0.259 e. The summed E-state index contributed by atoms with van der Waals surface area (Å²) < 4.78 is 7.41. The predicted octanol–water partition coefficient (Wildman–Crippen LogP) is 2.59. The number of pyridine rings is 1. The topological polar surface area (TPSA) is 54.8 Å². The van der Waals surface area contributed by atoms with Crippen molar-refractivity contribution in [1.29, 1.82) is 0 Å². The van der Waals surface area contributed by atoms with Gasteiger partial charge in [0, 0.05) is 56.6 Å². The molecule has 0 aliphatic carbocycles. The Labute approximate surface area is 176 Å². The minimum absolute atomic E-state index is 0.202. The molecule has 1 aromatic heterocycles. The number of amides is 1. The number of carbonyl (C=O) groups is 1. The van der Waals surface area contributed by atoms with Gasteiger partial charge in [-0.05, 0) is 38.1 Å². The lowest BCUT2D eigenvalue weighted by atomic mass is 10.1. The Hall–Kier alpha value is -2.15. The van der Waals surface area contributed by atoms with E-state index in [1.165, 1.54) is 0 Å². The van der Waals surface area contributed by atoms with Crippen LogP contribution in [-0.2, 0) is 24.3 Å². The number of methoxy groups -OCH3 is 1. The van der Waals surface area contributed by atoms with Gasteiger partial charge in [-0.15, -0.1) is 0 Å². The number of nitrogens with zero attached hydrogens (tertiary/aromatic N) is 3. The molecular formula is C22H28ClN3O3. The maximum absolute atomic E-state index is 13.2. The van der Waals surface area contributed by atoms with Gasteiger partial charge >= 0.3 is 0 Å². The summed E-state index contributed by atoms with van der Waals surface area (Å²) in [5.41, 5.74) is 2.55. The van der Waals surface area contributed by atoms with Crippen molar-refractivity contribution in [1.82, 2.24) is 14.4 Å². The van der Waals surface area contributed by atoms with Crippen LogP contribution in [0.3, 0.4) is 0 Å². The van der Waals surface area contributed by atoms with E-state index in [9.17, 15) is 9.59 Å². The van der Waals surface area contributed by atoms with E-state index < -0.39 is 0 Å². The van der Waals surface area contributed by atoms with Crippen LogP contribution in [0, 0.1) is 6.92 Å². The monoisotopic (exact) mass is 417 g/mol. The van der Waals surface area contributed by atoms with E-state index in [1.54, 1.807) is 18.1 Å². The highest BCUT2D eigenvalue weighted by Gasteiger charge is 2.26. The van der Waals surface area contributed by atoms with Gasteiger partial charge in [0.25, 0.3) is 5.91 Å². The number of hydrogen-bond donors (Lipinski definition) is 0. The van der Waals surface area contributed by atoms with Crippen molar-refractivity contribution < 1.29 is 9.53 Å². The molecule has 0 N–H and O–H groups in total. The summed E-state index contributed by atoms with van der Waals surface area (Å²) in [4.78, 5) is 30.0. The molecular weight excluding hydrogens is 390 g/mol. The Morgan fingerprint density at radius 3 is 2.55 bits per heavy atom. The van der Waals surface area contributed by atoms with E-state index in [0.29, 0.717) is 30.4 Å². The van der Waals surface area contributed by atoms with Crippen LogP contribution in [0.4, 0.5) is 0 Å². The fourth-order valence-electron chi connectivity index (χ4n) is 3.76. The van der Waals surface area contributed by atoms with Crippen LogP contribution < -0.4 is 5.43 Å². The van der Waals surface area contributed by atoms with Crippen LogP contribution in [-0.4, -0.2) is 60.6 Å². The number of halogens is 1. The third-order valence-electron chi connectivity index (χ3n) is 5.43. The Bertz CT molecular complexity index is 933. The Balaban J connectivity index is 1.94. The number of carbonyl (C=O) groups excluding carboxylic acids is 1. The first kappa shape index (κ1) is 21.6. The molecule has 1 aliphatic rings. The average Bonchev–Trinajstić information content (AvgIpc) is 2.68. The molecule has 1 saturated heterocycles. The van der Waals surface area contributed by atoms with Crippen molar-refractivity contribution in [2.24, 2.45) is 0 Å². The van der Waals surface area contributed by atoms with Crippen LogP contribution in [0.5, 0.6) is 0 Å². The molecule has 1 aliphatic heterocycles. The van der Waals surface area contributed by atoms with E-state index in [0.717, 1.165) is 30.8 Å². The van der Waals surface area contributed by atoms with E-state index in [-0.39, 0.29) is 23.5 Å². The number of ether oxygens (including phenoxy) is 1. The first-order valence-corrected chi connectivity index (χ1v) is 10.2. The quantitative estimate of drug-likeness (QED) is 0.725. The van der Waals surface area contributed by atoms with Gasteiger partial charge in [-0.1, -0.05) is 23.7 Å². The molecule has 29 heavy (non-hydrogen) atoms. The van der Waals surface area contributed by atoms with Crippen molar-refractivity contribution in [3.8, 4) is 0 Å². The number of aryl methyl sites for hydroxylation is 2. The molecule has 1 amide bonds. The lowest BCUT2D eigenvalue weighted by molar-refractivity contribution is 0.0656. The van der Waals surface area contributed by atoms with Crippen LogP contribution in [0.1, 0.15) is 27.3 Å². The van der Waals surface area contributed by atoms with Gasteiger partial charge in [-0.25, -0.2) is 0 Å². The highest BCUT2D eigenvalue weighted by Crippen LogP contribution is 2.17. The van der Waals surface area contributed by atoms with E-state index in [4.69, 9.17) is 16.3 Å². The molecule has 0 bridgehead atoms. The molecule has 0 radical (unpaired) electrons. The predicted molar refractivity (Wildman–Crippen MR) is 115 cm³/mol. The minimum Gasteiger partial charge on any atom is -0.378 e. The number of aromatic nitrogens is 1. The average molecular weight is 418 g/mol. The molecule has 1 aromatic carbocycles. The summed E-state index contributed by atoms with van der Waals surface area (Å²) in [6.45, 7) is 5.59. The van der Waals surface area contributed by atoms with E-state index in [1.807, 2.05) is 42.8 Å². The molecule has 0 atom stereocenters. The second-order valence-electron chi connectivity index (χ2n) is 7.53. The molecule has 156 valence electrons. The third-order valence-corrected chi connectivity index (χ3v) is 5.66. The van der Waals surface area contributed by atoms with Gasteiger partial charge in [0.05, 0.1) is 12.3 Å². The normalized spacial score (nSPS) is 15.0. The zero-order chi connectivity index (χ0) is 21.0. The van der Waals surface area contributed by atoms with E-state index >= 15 is 0 Å². The largest absolute Gasteiger partial charge is 0.378 e. The Morgan fingerprint density at radius 1 is 1.17 bits per heavy atom. The summed E-state index contributed by atoms with van der Waals surface area (Å²) >= 11 is 6.10. The van der Waals surface area contributed by atoms with Crippen LogP contribution in [0.15, 0.2) is 35.1 Å². The standard InChI is InChI=1S/C22H28ClN3O3/c1-16-13-20(27)21(22(28)25-11-9-24(2)10-12-25)19(15-29-3)26(16)8-7-17-5-4-6-18(23)14-17/h4-6,13-14H,7-12,15H2,1-3H3. The number of rotatable bonds is 6. The van der Waals surface area contributed by atoms with Gasteiger partial charge in [0.2, 0.25) is 0 Å². The van der Waals surface area contributed by atoms with Crippen molar-refractivity contribution in [2.75, 3.05) is 40.3 Å². The molecule has 1 fully saturated rings. The fraction of sp³-hybridized carbons (Fsp3) is 0.455. The van der Waals surface area contributed by atoms with Gasteiger partial charge in [-0.2, -0.15) is 0 Å². The lowest BCUT2D eigenvalue weighted by Gasteiger charge is -2.33. The zero-order valence-electron chi connectivity index (χ0n) is 17.3. The Morgan fingerprint density at radius 2 is 1.90 bits per heavy atom. The number of hydrogen-bond acceptors (Lipinski definition) is 4. The molecule has 2 aromatic rings. The van der Waals surface area contributed by atoms with Gasteiger partial charge in [-0.3, -0.25) is 9.59 Å². The summed E-state index contributed by atoms with van der Waals surface area (Å²) in [5.74, 6) is -0.202. The first-order chi connectivity index (χ1) is 13.9. The number of likely N-dealkylation sites (N-methyl/N-ethyl adjacent to an activating group) is 1. The summed E-state index contributed by atoms with van der Waals surface area (Å²) in [5, 5.41) is 0.696. The fourth-order valence-corrected chi connectivity index (χ4v) is 3.97. The highest BCUT2D eigenvalue weighted by atomic mass is 35.5. The van der Waals surface area contributed by atoms with Crippen molar-refractivity contribution in [3.63, 3.8) is 0 Å². The second kappa shape index (κ2) is 9.57. The maximum atomic E-state index is 13.2. The lowest BCUT2D eigenvalue weighted by Crippen LogP contribution is -2.48. The van der Waals surface area contributed by atoms with Gasteiger partial charge < -0.3 is 19.1 Å². The minimum atomic E-state index is -0.238. The SMILES string of the molecule is COCc1c(C(=O)N2CCN(C)CC2)c(=O)cc(C)n1CCc1cccc(Cl)c1. The van der Waals surface area contributed by atoms with Crippen molar-refractivity contribution in [3.05, 3.63) is 68.1 Å². The molecule has 0 unspecified atom stereocenters. The summed E-state index contributed by atoms with van der Waals surface area (Å²) in [6.07, 6.45) is 0.739. The molecule has 2 heterocycles. The van der Waals surface area contributed by atoms with Gasteiger partial charge in [0.1, 0.15) is 5.56 Å². The first-order valence-electron chi connectivity index (χ1n) is 9.85. The third kappa shape index (κ3) is 5.07.